The summed E-state index contributed by atoms with van der Waals surface area (Å²) in [5.41, 5.74) is -1.30. The van der Waals surface area contributed by atoms with E-state index in [1.807, 2.05) is 13.0 Å². The van der Waals surface area contributed by atoms with Gasteiger partial charge in [-0.3, -0.25) is 9.59 Å². The molecule has 0 bridgehead atoms. The van der Waals surface area contributed by atoms with Gasteiger partial charge in [-0.05, 0) is 36.2 Å². The summed E-state index contributed by atoms with van der Waals surface area (Å²) in [6.07, 6.45) is 3.55. The Balaban J connectivity index is 2.16. The molecule has 0 aromatic carbocycles. The van der Waals surface area contributed by atoms with E-state index in [1.165, 1.54) is 6.92 Å². The van der Waals surface area contributed by atoms with Crippen LogP contribution in [0.15, 0.2) is 11.6 Å². The number of Topliss-reactive ketones (excluding diaryl/α,β-unsaturated/α-hetero) is 1. The van der Waals surface area contributed by atoms with Crippen LogP contribution < -0.4 is 0 Å². The highest BCUT2D eigenvalue weighted by atomic mass is 16.5. The molecule has 2 fully saturated rings. The number of ketones is 1. The number of carbonyl (C=O) groups excluding carboxylic acids is 2. The van der Waals surface area contributed by atoms with Crippen LogP contribution in [0.4, 0.5) is 0 Å². The lowest BCUT2D eigenvalue weighted by Crippen LogP contribution is -2.67. The molecule has 0 radical (unpaired) electrons. The summed E-state index contributed by atoms with van der Waals surface area (Å²) in [5, 5.41) is 22.5. The highest BCUT2D eigenvalue weighted by Gasteiger charge is 2.64. The van der Waals surface area contributed by atoms with E-state index in [2.05, 4.69) is 20.8 Å². The summed E-state index contributed by atoms with van der Waals surface area (Å²) in [6.45, 7) is 9.58. The van der Waals surface area contributed by atoms with Crippen molar-refractivity contribution in [1.29, 1.82) is 0 Å². The van der Waals surface area contributed by atoms with Gasteiger partial charge in [0.2, 0.25) is 0 Å². The third kappa shape index (κ3) is 2.84. The largest absolute Gasteiger partial charge is 0.458 e. The van der Waals surface area contributed by atoms with Crippen molar-refractivity contribution in [3.63, 3.8) is 0 Å². The van der Waals surface area contributed by atoms with Crippen LogP contribution in [-0.2, 0) is 14.3 Å². The van der Waals surface area contributed by atoms with E-state index in [1.54, 1.807) is 0 Å². The molecule has 0 aromatic heterocycles. The van der Waals surface area contributed by atoms with Gasteiger partial charge in [-0.1, -0.05) is 39.7 Å². The Labute approximate surface area is 155 Å². The topological polar surface area (TPSA) is 83.8 Å². The molecule has 0 amide bonds. The van der Waals surface area contributed by atoms with Crippen molar-refractivity contribution in [2.75, 3.05) is 0 Å². The van der Waals surface area contributed by atoms with Crippen molar-refractivity contribution in [3.05, 3.63) is 11.6 Å². The fourth-order valence-corrected chi connectivity index (χ4v) is 5.44. The zero-order chi connectivity index (χ0) is 19.5. The molecular formula is C21H32O5. The minimum absolute atomic E-state index is 0.220. The maximum absolute atomic E-state index is 13.2. The van der Waals surface area contributed by atoms with Crippen molar-refractivity contribution in [1.82, 2.24) is 0 Å². The molecule has 6 atom stereocenters. The number of ether oxygens (including phenoxy) is 1. The molecule has 5 nitrogen and oxygen atoms in total. The fourth-order valence-electron chi connectivity index (χ4n) is 5.44. The highest BCUT2D eigenvalue weighted by Crippen LogP contribution is 2.58. The Kier molecular flexibility index (Phi) is 4.64. The Morgan fingerprint density at radius 1 is 1.35 bits per heavy atom. The van der Waals surface area contributed by atoms with Crippen molar-refractivity contribution < 1.29 is 24.5 Å². The second-order valence-corrected chi connectivity index (χ2v) is 9.56. The Bertz CT molecular complexity index is 651. The van der Waals surface area contributed by atoms with Gasteiger partial charge in [-0.15, -0.1) is 0 Å². The molecule has 3 rings (SSSR count). The summed E-state index contributed by atoms with van der Waals surface area (Å²) >= 11 is 0. The first-order valence-electron chi connectivity index (χ1n) is 9.78. The molecule has 0 unspecified atom stereocenters. The molecule has 0 aromatic rings. The number of hydrogen-bond acceptors (Lipinski definition) is 5. The first-order chi connectivity index (χ1) is 11.9. The second-order valence-electron chi connectivity index (χ2n) is 9.56. The fraction of sp³-hybridized carbons (Fsp3) is 0.810. The number of hydrogen-bond donors (Lipinski definition) is 2. The van der Waals surface area contributed by atoms with E-state index in [0.717, 1.165) is 18.4 Å². The molecule has 26 heavy (non-hydrogen) atoms. The number of aliphatic hydroxyl groups is 2. The second kappa shape index (κ2) is 6.16. The van der Waals surface area contributed by atoms with Crippen LogP contribution in [0, 0.1) is 22.7 Å². The molecular weight excluding hydrogens is 332 g/mol. The zero-order valence-corrected chi connectivity index (χ0v) is 16.5. The summed E-state index contributed by atoms with van der Waals surface area (Å²) in [7, 11) is 0. The van der Waals surface area contributed by atoms with Crippen LogP contribution in [0.25, 0.3) is 0 Å². The predicted molar refractivity (Wildman–Crippen MR) is 97.2 cm³/mol. The maximum atomic E-state index is 13.2. The minimum atomic E-state index is -1.67. The molecule has 2 saturated carbocycles. The van der Waals surface area contributed by atoms with E-state index in [4.69, 9.17) is 4.74 Å². The molecule has 3 aliphatic carbocycles. The quantitative estimate of drug-likeness (QED) is 0.581. The lowest BCUT2D eigenvalue weighted by Gasteiger charge is -2.58. The number of rotatable bonds is 2. The van der Waals surface area contributed by atoms with Crippen LogP contribution in [0.5, 0.6) is 0 Å². The minimum Gasteiger partial charge on any atom is -0.458 e. The first kappa shape index (κ1) is 19.6. The molecule has 0 aliphatic heterocycles. The number of carbonyl (C=O) groups is 2. The average molecular weight is 364 g/mol. The first-order valence-corrected chi connectivity index (χ1v) is 9.78. The van der Waals surface area contributed by atoms with Gasteiger partial charge >= 0.3 is 5.97 Å². The third-order valence-corrected chi connectivity index (χ3v) is 7.25. The van der Waals surface area contributed by atoms with Crippen molar-refractivity contribution in [3.8, 4) is 0 Å². The lowest BCUT2D eigenvalue weighted by molar-refractivity contribution is -0.194. The number of esters is 1. The van der Waals surface area contributed by atoms with Gasteiger partial charge in [0.25, 0.3) is 0 Å². The summed E-state index contributed by atoms with van der Waals surface area (Å²) in [5.74, 6) is -1.77. The summed E-state index contributed by atoms with van der Waals surface area (Å²) in [6, 6.07) is 0. The van der Waals surface area contributed by atoms with Gasteiger partial charge < -0.3 is 14.9 Å². The SMILES string of the molecule is CC[C@@]1(C)CC(=O)[C@@]2(O)[C@H](C1)[C@@H](OC(C)=O)C=C1[C@@H]2[C@@H](O)CCC1(C)C. The number of aliphatic hydroxyl groups excluding tert-OH is 1. The summed E-state index contributed by atoms with van der Waals surface area (Å²) < 4.78 is 5.58. The van der Waals surface area contributed by atoms with Gasteiger partial charge in [-0.25, -0.2) is 0 Å². The van der Waals surface area contributed by atoms with Gasteiger partial charge in [0.1, 0.15) is 11.7 Å². The summed E-state index contributed by atoms with van der Waals surface area (Å²) in [4.78, 5) is 25.0. The van der Waals surface area contributed by atoms with Gasteiger partial charge in [0, 0.05) is 25.2 Å². The van der Waals surface area contributed by atoms with Crippen molar-refractivity contribution in [2.24, 2.45) is 22.7 Å². The van der Waals surface area contributed by atoms with Gasteiger partial charge in [0.05, 0.1) is 6.10 Å². The van der Waals surface area contributed by atoms with Crippen LogP contribution >= 0.6 is 0 Å². The average Bonchev–Trinajstić information content (AvgIpc) is 2.53. The number of fused-ring (bicyclic) bond motifs is 3. The molecule has 0 saturated heterocycles. The molecule has 0 spiro atoms. The van der Waals surface area contributed by atoms with Crippen LogP contribution in [0.1, 0.15) is 66.7 Å². The highest BCUT2D eigenvalue weighted by molar-refractivity contribution is 5.90. The van der Waals surface area contributed by atoms with E-state index in [0.29, 0.717) is 19.3 Å². The molecule has 5 heteroatoms. The smallest absolute Gasteiger partial charge is 0.303 e. The van der Waals surface area contributed by atoms with Crippen molar-refractivity contribution >= 4 is 11.8 Å². The van der Waals surface area contributed by atoms with Gasteiger partial charge in [0.15, 0.2) is 5.78 Å². The molecule has 146 valence electrons. The molecule has 2 N–H and O–H groups in total. The monoisotopic (exact) mass is 364 g/mol. The van der Waals surface area contributed by atoms with Crippen LogP contribution in [0.3, 0.4) is 0 Å². The van der Waals surface area contributed by atoms with E-state index in [-0.39, 0.29) is 16.6 Å². The van der Waals surface area contributed by atoms with Crippen LogP contribution in [-0.4, -0.2) is 39.8 Å². The van der Waals surface area contributed by atoms with E-state index < -0.39 is 35.6 Å². The van der Waals surface area contributed by atoms with E-state index >= 15 is 0 Å². The molecule has 0 heterocycles. The predicted octanol–water partition coefficient (Wildman–Crippen LogP) is 2.78. The van der Waals surface area contributed by atoms with E-state index in [9.17, 15) is 19.8 Å². The Morgan fingerprint density at radius 2 is 2.00 bits per heavy atom. The Hall–Kier alpha value is -1.20. The van der Waals surface area contributed by atoms with Gasteiger partial charge in [-0.2, -0.15) is 0 Å². The standard InChI is InChI=1S/C21H32O5/c1-6-20(5)10-14-16(26-12(2)22)9-13-18(21(14,25)17(24)11-20)15(23)7-8-19(13,3)4/h9,14-16,18,23,25H,6-8,10-11H2,1-5H3/t14-,15+,16+,18-,20-,21+/m1/s1. The lowest BCUT2D eigenvalue weighted by atomic mass is 9.49. The normalized spacial score (nSPS) is 44.6. The Morgan fingerprint density at radius 3 is 2.58 bits per heavy atom. The third-order valence-electron chi connectivity index (χ3n) is 7.25. The zero-order valence-electron chi connectivity index (χ0n) is 16.5. The maximum Gasteiger partial charge on any atom is 0.303 e. The molecule has 3 aliphatic rings. The van der Waals surface area contributed by atoms with Crippen molar-refractivity contribution in [2.45, 2.75) is 84.5 Å². The van der Waals surface area contributed by atoms with Crippen LogP contribution in [0.2, 0.25) is 0 Å².